The van der Waals surface area contributed by atoms with Crippen LogP contribution in [0.25, 0.3) is 6.08 Å². The molecule has 7 nitrogen and oxygen atoms in total. The van der Waals surface area contributed by atoms with Gasteiger partial charge < -0.3 is 10.1 Å². The van der Waals surface area contributed by atoms with Crippen LogP contribution >= 0.6 is 23.5 Å². The fourth-order valence-corrected chi connectivity index (χ4v) is 5.46. The molecular weight excluding hydrogens is 448 g/mol. The van der Waals surface area contributed by atoms with Gasteiger partial charge in [0.2, 0.25) is 0 Å². The van der Waals surface area contributed by atoms with Crippen LogP contribution in [0.3, 0.4) is 0 Å². The first-order valence-corrected chi connectivity index (χ1v) is 11.9. The molecular formula is C23H22N2O5S2. The van der Waals surface area contributed by atoms with Gasteiger partial charge in [-0.25, -0.2) is 0 Å². The lowest BCUT2D eigenvalue weighted by molar-refractivity contribution is -0.384. The zero-order valence-corrected chi connectivity index (χ0v) is 19.0. The lowest BCUT2D eigenvalue weighted by Crippen LogP contribution is -2.20. The maximum atomic E-state index is 13.1. The molecule has 1 N–H and O–H groups in total. The SMILES string of the molecule is COc1ccc(/C=C/C(=O)C(C(=O)Nc2cccc([N+](=O)[O-])c2)=C2SCCCCS2)cc1. The molecule has 9 heteroatoms. The first-order valence-electron chi connectivity index (χ1n) is 9.90. The number of benzene rings is 2. The van der Waals surface area contributed by atoms with Gasteiger partial charge in [0.1, 0.15) is 11.3 Å². The van der Waals surface area contributed by atoms with Crippen LogP contribution in [0.15, 0.2) is 64.4 Å². The molecule has 0 aromatic heterocycles. The molecule has 1 saturated heterocycles. The number of rotatable bonds is 7. The average molecular weight is 471 g/mol. The number of nitro groups is 1. The predicted octanol–water partition coefficient (Wildman–Crippen LogP) is 5.30. The van der Waals surface area contributed by atoms with E-state index in [0.29, 0.717) is 9.99 Å². The van der Waals surface area contributed by atoms with Crippen LogP contribution in [0, 0.1) is 10.1 Å². The quantitative estimate of drug-likeness (QED) is 0.193. The summed E-state index contributed by atoms with van der Waals surface area (Å²) in [5.74, 6) is 1.36. The van der Waals surface area contributed by atoms with E-state index in [2.05, 4.69) is 5.32 Å². The molecule has 32 heavy (non-hydrogen) atoms. The Morgan fingerprint density at radius 2 is 1.78 bits per heavy atom. The molecule has 3 rings (SSSR count). The predicted molar refractivity (Wildman–Crippen MR) is 130 cm³/mol. The van der Waals surface area contributed by atoms with Crippen molar-refractivity contribution < 1.29 is 19.2 Å². The summed E-state index contributed by atoms with van der Waals surface area (Å²) in [5, 5.41) is 13.7. The smallest absolute Gasteiger partial charge is 0.271 e. The van der Waals surface area contributed by atoms with E-state index in [1.807, 2.05) is 12.1 Å². The van der Waals surface area contributed by atoms with Gasteiger partial charge in [0.05, 0.1) is 16.3 Å². The lowest BCUT2D eigenvalue weighted by atomic mass is 10.1. The highest BCUT2D eigenvalue weighted by molar-refractivity contribution is 8.22. The van der Waals surface area contributed by atoms with Gasteiger partial charge in [0.15, 0.2) is 5.78 Å². The standard InChI is InChI=1S/C23H22N2O5S2/c1-30-19-10-7-16(8-11-19)9-12-20(26)21(23-31-13-2-3-14-32-23)22(27)24-17-5-4-6-18(15-17)25(28)29/h4-12,15H,2-3,13-14H2,1H3,(H,24,27)/b12-9+. The second-order valence-corrected chi connectivity index (χ2v) is 9.27. The molecule has 166 valence electrons. The number of non-ortho nitro benzene ring substituents is 1. The number of nitro benzene ring substituents is 1. The fraction of sp³-hybridized carbons (Fsp3) is 0.217. The molecule has 2 aromatic rings. The number of amides is 1. The van der Waals surface area contributed by atoms with Gasteiger partial charge in [-0.2, -0.15) is 0 Å². The maximum Gasteiger partial charge on any atom is 0.271 e. The van der Waals surface area contributed by atoms with Gasteiger partial charge in [-0.15, -0.1) is 23.5 Å². The van der Waals surface area contributed by atoms with Crippen LogP contribution < -0.4 is 10.1 Å². The Morgan fingerprint density at radius 3 is 2.41 bits per heavy atom. The number of allylic oxidation sites excluding steroid dienone is 1. The normalized spacial score (nSPS) is 14.0. The largest absolute Gasteiger partial charge is 0.497 e. The molecule has 0 spiro atoms. The molecule has 1 heterocycles. The van der Waals surface area contributed by atoms with Gasteiger partial charge in [-0.1, -0.05) is 24.3 Å². The Morgan fingerprint density at radius 1 is 1.09 bits per heavy atom. The zero-order valence-electron chi connectivity index (χ0n) is 17.4. The molecule has 0 aliphatic carbocycles. The van der Waals surface area contributed by atoms with Crippen LogP contribution in [-0.2, 0) is 9.59 Å². The van der Waals surface area contributed by atoms with E-state index < -0.39 is 16.6 Å². The third kappa shape index (κ3) is 6.48. The van der Waals surface area contributed by atoms with E-state index in [1.165, 1.54) is 47.8 Å². The second-order valence-electron chi connectivity index (χ2n) is 6.80. The highest BCUT2D eigenvalue weighted by Crippen LogP contribution is 2.37. The zero-order chi connectivity index (χ0) is 22.9. The van der Waals surface area contributed by atoms with E-state index in [1.54, 1.807) is 31.4 Å². The number of nitrogens with one attached hydrogen (secondary N) is 1. The number of carbonyl (C=O) groups is 2. The minimum atomic E-state index is -0.577. The first kappa shape index (κ1) is 23.6. The van der Waals surface area contributed by atoms with Gasteiger partial charge in [0, 0.05) is 17.8 Å². The third-order valence-corrected chi connectivity index (χ3v) is 7.17. The topological polar surface area (TPSA) is 98.5 Å². The van der Waals surface area contributed by atoms with Crippen molar-refractivity contribution in [2.75, 3.05) is 23.9 Å². The second kappa shape index (κ2) is 11.5. The van der Waals surface area contributed by atoms with Crippen LogP contribution in [0.1, 0.15) is 18.4 Å². The van der Waals surface area contributed by atoms with Crippen molar-refractivity contribution >= 4 is 52.7 Å². The minimum absolute atomic E-state index is 0.0539. The van der Waals surface area contributed by atoms with Crippen LogP contribution in [-0.4, -0.2) is 35.2 Å². The minimum Gasteiger partial charge on any atom is -0.497 e. The summed E-state index contributed by atoms with van der Waals surface area (Å²) in [6.07, 6.45) is 5.05. The highest BCUT2D eigenvalue weighted by Gasteiger charge is 2.24. The van der Waals surface area contributed by atoms with Crippen LogP contribution in [0.2, 0.25) is 0 Å². The number of nitrogens with zero attached hydrogens (tertiary/aromatic N) is 1. The molecule has 0 saturated carbocycles. The number of thioether (sulfide) groups is 2. The number of carbonyl (C=O) groups excluding carboxylic acids is 2. The van der Waals surface area contributed by atoms with Crippen molar-refractivity contribution in [2.45, 2.75) is 12.8 Å². The van der Waals surface area contributed by atoms with Gasteiger partial charge in [-0.3, -0.25) is 19.7 Å². The number of methoxy groups -OCH3 is 1. The monoisotopic (exact) mass is 470 g/mol. The number of anilines is 1. The maximum absolute atomic E-state index is 13.1. The van der Waals surface area contributed by atoms with Crippen molar-refractivity contribution in [2.24, 2.45) is 0 Å². The molecule has 0 bridgehead atoms. The summed E-state index contributed by atoms with van der Waals surface area (Å²) in [6.45, 7) is 0. The highest BCUT2D eigenvalue weighted by atomic mass is 32.2. The van der Waals surface area contributed by atoms with Crippen LogP contribution in [0.4, 0.5) is 11.4 Å². The Hall–Kier alpha value is -3.04. The number of ether oxygens (including phenoxy) is 1. The van der Waals surface area contributed by atoms with Crippen molar-refractivity contribution in [1.29, 1.82) is 0 Å². The number of ketones is 1. The number of hydrogen-bond donors (Lipinski definition) is 1. The van der Waals surface area contributed by atoms with E-state index in [0.717, 1.165) is 29.9 Å². The van der Waals surface area contributed by atoms with Crippen molar-refractivity contribution in [1.82, 2.24) is 0 Å². The van der Waals surface area contributed by atoms with Crippen LogP contribution in [0.5, 0.6) is 5.75 Å². The third-order valence-electron chi connectivity index (χ3n) is 4.54. The molecule has 1 amide bonds. The molecule has 0 radical (unpaired) electrons. The number of hydrogen-bond acceptors (Lipinski definition) is 7. The Kier molecular flexibility index (Phi) is 8.52. The molecule has 1 aliphatic rings. The molecule has 0 atom stereocenters. The van der Waals surface area contributed by atoms with Crippen molar-refractivity contribution in [3.8, 4) is 5.75 Å². The van der Waals surface area contributed by atoms with E-state index in [9.17, 15) is 19.7 Å². The summed E-state index contributed by atoms with van der Waals surface area (Å²) in [7, 11) is 1.58. The Balaban J connectivity index is 1.87. The van der Waals surface area contributed by atoms with E-state index in [4.69, 9.17) is 4.74 Å². The lowest BCUT2D eigenvalue weighted by Gasteiger charge is -2.11. The summed E-state index contributed by atoms with van der Waals surface area (Å²) < 4.78 is 5.81. The molecule has 1 aliphatic heterocycles. The average Bonchev–Trinajstić information content (AvgIpc) is 3.07. The van der Waals surface area contributed by atoms with E-state index in [-0.39, 0.29) is 16.9 Å². The molecule has 2 aromatic carbocycles. The fourth-order valence-electron chi connectivity index (χ4n) is 2.89. The van der Waals surface area contributed by atoms with Crippen molar-refractivity contribution in [3.63, 3.8) is 0 Å². The van der Waals surface area contributed by atoms with Gasteiger partial charge >= 0.3 is 0 Å². The summed E-state index contributed by atoms with van der Waals surface area (Å²) >= 11 is 2.99. The summed E-state index contributed by atoms with van der Waals surface area (Å²) in [4.78, 5) is 36.7. The molecule has 0 unspecified atom stereocenters. The van der Waals surface area contributed by atoms with E-state index >= 15 is 0 Å². The molecule has 1 fully saturated rings. The van der Waals surface area contributed by atoms with Gasteiger partial charge in [0.25, 0.3) is 11.6 Å². The van der Waals surface area contributed by atoms with Crippen molar-refractivity contribution in [3.05, 3.63) is 80.1 Å². The Labute approximate surface area is 194 Å². The Bertz CT molecular complexity index is 1050. The summed E-state index contributed by atoms with van der Waals surface area (Å²) in [6, 6.07) is 12.9. The first-order chi connectivity index (χ1) is 15.5. The summed E-state index contributed by atoms with van der Waals surface area (Å²) in [5.41, 5.74) is 0.973. The van der Waals surface area contributed by atoms with Gasteiger partial charge in [-0.05, 0) is 54.2 Å².